The van der Waals surface area contributed by atoms with E-state index in [9.17, 15) is 0 Å². The summed E-state index contributed by atoms with van der Waals surface area (Å²) >= 11 is 0. The minimum absolute atomic E-state index is 0.653. The number of aromatic nitrogens is 3. The van der Waals surface area contributed by atoms with Gasteiger partial charge in [0.15, 0.2) is 0 Å². The van der Waals surface area contributed by atoms with Gasteiger partial charge in [-0.25, -0.2) is 9.97 Å². The summed E-state index contributed by atoms with van der Waals surface area (Å²) in [4.78, 5) is 11.9. The number of pyridine rings is 1. The fraction of sp³-hybridized carbons (Fsp3) is 0. The molecule has 2 N–H and O–H groups in total. The third-order valence-corrected chi connectivity index (χ3v) is 1.64. The maximum Gasteiger partial charge on any atom is 0.115 e. The van der Waals surface area contributed by atoms with Gasteiger partial charge in [-0.1, -0.05) is 0 Å². The molecule has 64 valence electrons. The topological polar surface area (TPSA) is 64.7 Å². The Morgan fingerprint density at radius 1 is 1.00 bits per heavy atom. The first-order valence-corrected chi connectivity index (χ1v) is 3.83. The number of hydrogen-bond acceptors (Lipinski definition) is 4. The van der Waals surface area contributed by atoms with E-state index in [2.05, 4.69) is 15.0 Å². The Hall–Kier alpha value is -1.97. The first-order valence-electron chi connectivity index (χ1n) is 3.83. The second-order valence-electron chi connectivity index (χ2n) is 2.60. The lowest BCUT2D eigenvalue weighted by Crippen LogP contribution is -1.89. The summed E-state index contributed by atoms with van der Waals surface area (Å²) in [6.07, 6.45) is 6.53. The van der Waals surface area contributed by atoms with Crippen LogP contribution in [0.3, 0.4) is 0 Å². The van der Waals surface area contributed by atoms with Crippen LogP contribution >= 0.6 is 0 Å². The maximum atomic E-state index is 5.51. The summed E-state index contributed by atoms with van der Waals surface area (Å²) in [5, 5.41) is 0. The first-order chi connectivity index (χ1) is 6.36. The molecule has 0 aliphatic carbocycles. The quantitative estimate of drug-likeness (QED) is 0.700. The predicted molar refractivity (Wildman–Crippen MR) is 49.7 cm³/mol. The van der Waals surface area contributed by atoms with Crippen molar-refractivity contribution in [1.29, 1.82) is 0 Å². The standard InChI is InChI=1S/C9H8N4/c10-8-1-2-9(13-5-8)7-3-11-6-12-4-7/h1-6H,10H2. The molecule has 0 saturated heterocycles. The number of nitrogens with zero attached hydrogens (tertiary/aromatic N) is 3. The van der Waals surface area contributed by atoms with Gasteiger partial charge in [0, 0.05) is 18.0 Å². The Labute approximate surface area is 75.5 Å². The minimum atomic E-state index is 0.653. The van der Waals surface area contributed by atoms with Crippen molar-refractivity contribution < 1.29 is 0 Å². The van der Waals surface area contributed by atoms with Crippen LogP contribution in [0.2, 0.25) is 0 Å². The first kappa shape index (κ1) is 7.67. The van der Waals surface area contributed by atoms with Crippen molar-refractivity contribution in [3.05, 3.63) is 37.1 Å². The van der Waals surface area contributed by atoms with E-state index in [1.54, 1.807) is 24.7 Å². The van der Waals surface area contributed by atoms with E-state index >= 15 is 0 Å². The van der Waals surface area contributed by atoms with E-state index in [1.165, 1.54) is 6.33 Å². The maximum absolute atomic E-state index is 5.51. The van der Waals surface area contributed by atoms with Crippen molar-refractivity contribution in [2.24, 2.45) is 0 Å². The molecule has 0 saturated carbocycles. The zero-order valence-corrected chi connectivity index (χ0v) is 6.88. The molecule has 13 heavy (non-hydrogen) atoms. The Bertz CT molecular complexity index is 382. The normalized spacial score (nSPS) is 9.85. The van der Waals surface area contributed by atoms with Crippen LogP contribution in [0, 0.1) is 0 Å². The highest BCUT2D eigenvalue weighted by molar-refractivity contribution is 5.58. The van der Waals surface area contributed by atoms with Crippen LogP contribution in [0.4, 0.5) is 5.69 Å². The van der Waals surface area contributed by atoms with Gasteiger partial charge in [0.25, 0.3) is 0 Å². The molecule has 0 bridgehead atoms. The summed E-state index contributed by atoms with van der Waals surface area (Å²) in [6, 6.07) is 3.64. The van der Waals surface area contributed by atoms with Crippen molar-refractivity contribution in [3.63, 3.8) is 0 Å². The molecule has 4 nitrogen and oxygen atoms in total. The largest absolute Gasteiger partial charge is 0.397 e. The summed E-state index contributed by atoms with van der Waals surface area (Å²) in [5.74, 6) is 0. The number of rotatable bonds is 1. The van der Waals surface area contributed by atoms with Crippen molar-refractivity contribution in [2.45, 2.75) is 0 Å². The van der Waals surface area contributed by atoms with Gasteiger partial charge in [-0.05, 0) is 12.1 Å². The molecule has 2 aromatic heterocycles. The van der Waals surface area contributed by atoms with Gasteiger partial charge in [0.1, 0.15) is 6.33 Å². The van der Waals surface area contributed by atoms with Gasteiger partial charge in [-0.2, -0.15) is 0 Å². The van der Waals surface area contributed by atoms with Gasteiger partial charge in [0.2, 0.25) is 0 Å². The number of nitrogens with two attached hydrogens (primary N) is 1. The monoisotopic (exact) mass is 172 g/mol. The molecule has 0 aliphatic heterocycles. The Kier molecular flexibility index (Phi) is 1.88. The molecule has 4 heteroatoms. The molecule has 0 fully saturated rings. The third kappa shape index (κ3) is 1.61. The molecular formula is C9H8N4. The molecule has 0 aromatic carbocycles. The molecule has 2 rings (SSSR count). The van der Waals surface area contributed by atoms with Gasteiger partial charge in [-0.3, -0.25) is 4.98 Å². The van der Waals surface area contributed by atoms with Gasteiger partial charge in [0.05, 0.1) is 17.6 Å². The molecule has 2 aromatic rings. The fourth-order valence-electron chi connectivity index (χ4n) is 1.01. The predicted octanol–water partition coefficient (Wildman–Crippen LogP) is 1.12. The Balaban J connectivity index is 2.42. The molecule has 0 atom stereocenters. The van der Waals surface area contributed by atoms with Crippen molar-refractivity contribution in [1.82, 2.24) is 15.0 Å². The van der Waals surface area contributed by atoms with Gasteiger partial charge >= 0.3 is 0 Å². The molecule has 0 aliphatic rings. The fourth-order valence-corrected chi connectivity index (χ4v) is 1.01. The SMILES string of the molecule is Nc1ccc(-c2cncnc2)nc1. The van der Waals surface area contributed by atoms with E-state index in [0.717, 1.165) is 11.3 Å². The van der Waals surface area contributed by atoms with Crippen LogP contribution in [-0.4, -0.2) is 15.0 Å². The number of hydrogen-bond donors (Lipinski definition) is 1. The summed E-state index contributed by atoms with van der Waals surface area (Å²) < 4.78 is 0. The zero-order chi connectivity index (χ0) is 9.10. The van der Waals surface area contributed by atoms with Crippen LogP contribution in [0.25, 0.3) is 11.3 Å². The van der Waals surface area contributed by atoms with E-state index < -0.39 is 0 Å². The second-order valence-corrected chi connectivity index (χ2v) is 2.60. The Morgan fingerprint density at radius 2 is 1.77 bits per heavy atom. The smallest absolute Gasteiger partial charge is 0.115 e. The lowest BCUT2D eigenvalue weighted by molar-refractivity contribution is 1.16. The molecular weight excluding hydrogens is 164 g/mol. The average Bonchev–Trinajstić information content (AvgIpc) is 2.20. The molecule has 0 unspecified atom stereocenters. The summed E-state index contributed by atoms with van der Waals surface area (Å²) in [5.41, 5.74) is 7.88. The lowest BCUT2D eigenvalue weighted by Gasteiger charge is -1.98. The number of nitrogen functional groups attached to an aromatic ring is 1. The zero-order valence-electron chi connectivity index (χ0n) is 6.88. The van der Waals surface area contributed by atoms with E-state index in [1.807, 2.05) is 6.07 Å². The van der Waals surface area contributed by atoms with Gasteiger partial charge < -0.3 is 5.73 Å². The van der Waals surface area contributed by atoms with Crippen molar-refractivity contribution in [3.8, 4) is 11.3 Å². The molecule has 2 heterocycles. The van der Waals surface area contributed by atoms with Crippen LogP contribution in [0.1, 0.15) is 0 Å². The lowest BCUT2D eigenvalue weighted by atomic mass is 10.2. The van der Waals surface area contributed by atoms with E-state index in [0.29, 0.717) is 5.69 Å². The Morgan fingerprint density at radius 3 is 2.38 bits per heavy atom. The molecule has 0 spiro atoms. The van der Waals surface area contributed by atoms with Gasteiger partial charge in [-0.15, -0.1) is 0 Å². The van der Waals surface area contributed by atoms with E-state index in [-0.39, 0.29) is 0 Å². The molecule has 0 amide bonds. The molecule has 0 radical (unpaired) electrons. The van der Waals surface area contributed by atoms with Crippen LogP contribution < -0.4 is 5.73 Å². The third-order valence-electron chi connectivity index (χ3n) is 1.64. The highest BCUT2D eigenvalue weighted by Crippen LogP contribution is 2.14. The van der Waals surface area contributed by atoms with Crippen molar-refractivity contribution >= 4 is 5.69 Å². The van der Waals surface area contributed by atoms with Crippen LogP contribution in [0.5, 0.6) is 0 Å². The highest BCUT2D eigenvalue weighted by atomic mass is 14.8. The van der Waals surface area contributed by atoms with Crippen LogP contribution in [0.15, 0.2) is 37.1 Å². The minimum Gasteiger partial charge on any atom is -0.397 e. The van der Waals surface area contributed by atoms with Crippen LogP contribution in [-0.2, 0) is 0 Å². The average molecular weight is 172 g/mol. The van der Waals surface area contributed by atoms with Crippen molar-refractivity contribution in [2.75, 3.05) is 5.73 Å². The number of anilines is 1. The highest BCUT2D eigenvalue weighted by Gasteiger charge is 1.97. The summed E-state index contributed by atoms with van der Waals surface area (Å²) in [7, 11) is 0. The second kappa shape index (κ2) is 3.18. The van der Waals surface area contributed by atoms with E-state index in [4.69, 9.17) is 5.73 Å². The summed E-state index contributed by atoms with van der Waals surface area (Å²) in [6.45, 7) is 0.